The van der Waals surface area contributed by atoms with E-state index in [1.807, 2.05) is 0 Å². The Morgan fingerprint density at radius 1 is 1.58 bits per heavy atom. The van der Waals surface area contributed by atoms with Crippen molar-refractivity contribution in [2.45, 2.75) is 12.5 Å². The smallest absolute Gasteiger partial charge is 1.00 e. The molecule has 0 aliphatic carbocycles. The number of aliphatic hydroxyl groups is 1. The second kappa shape index (κ2) is 9.00. The Bertz CT molecular complexity index is 161. The van der Waals surface area contributed by atoms with E-state index >= 15 is 0 Å². The zero-order valence-corrected chi connectivity index (χ0v) is 9.32. The van der Waals surface area contributed by atoms with Crippen LogP contribution in [0.4, 0.5) is 0 Å². The zero-order valence-electron chi connectivity index (χ0n) is 8.32. The van der Waals surface area contributed by atoms with E-state index in [2.05, 4.69) is 17.9 Å². The normalized spacial score (nSPS) is 10.8. The van der Waals surface area contributed by atoms with Crippen molar-refractivity contribution in [2.75, 3.05) is 6.61 Å². The second-order valence-corrected chi connectivity index (χ2v) is 1.96. The Morgan fingerprint density at radius 2 is 2.17 bits per heavy atom. The van der Waals surface area contributed by atoms with Crippen molar-refractivity contribution in [3.63, 3.8) is 0 Å². The third kappa shape index (κ3) is 6.61. The third-order valence-electron chi connectivity index (χ3n) is 1.01. The van der Waals surface area contributed by atoms with Crippen LogP contribution >= 0.6 is 0 Å². The molecule has 0 fully saturated rings. The molecule has 0 aromatic rings. The molecule has 1 atom stereocenters. The molecule has 0 heterocycles. The van der Waals surface area contributed by atoms with Crippen LogP contribution in [0.5, 0.6) is 0 Å². The van der Waals surface area contributed by atoms with Gasteiger partial charge < -0.3 is 11.3 Å². The summed E-state index contributed by atoms with van der Waals surface area (Å²) in [5.41, 5.74) is 0. The van der Waals surface area contributed by atoms with Gasteiger partial charge in [0.15, 0.2) is 6.10 Å². The topological polar surface area (TPSA) is 46.5 Å². The van der Waals surface area contributed by atoms with Crippen LogP contribution in [0.15, 0.2) is 25.3 Å². The van der Waals surface area contributed by atoms with Gasteiger partial charge in [-0.25, -0.2) is 4.79 Å². The fraction of sp³-hybridized carbons (Fsp3) is 0.375. The summed E-state index contributed by atoms with van der Waals surface area (Å²) in [7, 11) is 0. The Morgan fingerprint density at radius 3 is 2.58 bits per heavy atom. The van der Waals surface area contributed by atoms with Crippen molar-refractivity contribution in [1.29, 1.82) is 0 Å². The summed E-state index contributed by atoms with van der Waals surface area (Å²) in [6.07, 6.45) is 2.03. The molecule has 0 saturated heterocycles. The van der Waals surface area contributed by atoms with Crippen LogP contribution in [0, 0.1) is 0 Å². The number of aliphatic hydroxyl groups excluding tert-OH is 1. The van der Waals surface area contributed by atoms with E-state index in [-0.39, 0.29) is 44.0 Å². The molecule has 1 N–H and O–H groups in total. The maximum atomic E-state index is 10.7. The van der Waals surface area contributed by atoms with E-state index in [1.165, 1.54) is 12.2 Å². The molecular formula is C8H13NaO3. The first kappa shape index (κ1) is 14.4. The number of hydrogen-bond acceptors (Lipinski definition) is 3. The first-order valence-corrected chi connectivity index (χ1v) is 3.29. The molecular weight excluding hydrogens is 167 g/mol. The number of carbonyl (C=O) groups excluding carboxylic acids is 1. The summed E-state index contributed by atoms with van der Waals surface area (Å²) < 4.78 is 4.55. The van der Waals surface area contributed by atoms with Gasteiger partial charge in [-0.2, -0.15) is 0 Å². The van der Waals surface area contributed by atoms with E-state index in [0.29, 0.717) is 0 Å². The summed E-state index contributed by atoms with van der Waals surface area (Å²) >= 11 is 0. The molecule has 0 rings (SSSR count). The van der Waals surface area contributed by atoms with Crippen LogP contribution in [0.3, 0.4) is 0 Å². The summed E-state index contributed by atoms with van der Waals surface area (Å²) in [4.78, 5) is 10.7. The molecule has 1 unspecified atom stereocenters. The summed E-state index contributed by atoms with van der Waals surface area (Å²) in [5.74, 6) is -0.634. The van der Waals surface area contributed by atoms with Crippen LogP contribution in [-0.2, 0) is 9.53 Å². The van der Waals surface area contributed by atoms with Crippen molar-refractivity contribution < 1.29 is 45.6 Å². The Labute approximate surface area is 95.9 Å². The van der Waals surface area contributed by atoms with Crippen LogP contribution < -0.4 is 29.6 Å². The van der Waals surface area contributed by atoms with Gasteiger partial charge in [-0.1, -0.05) is 18.7 Å². The third-order valence-corrected chi connectivity index (χ3v) is 1.01. The van der Waals surface area contributed by atoms with Gasteiger partial charge in [0, 0.05) is 6.42 Å². The number of rotatable bonds is 5. The van der Waals surface area contributed by atoms with E-state index in [9.17, 15) is 4.79 Å². The van der Waals surface area contributed by atoms with Crippen LogP contribution in [-0.4, -0.2) is 23.8 Å². The molecule has 0 aromatic carbocycles. The number of hydrogen-bond donors (Lipinski definition) is 1. The minimum Gasteiger partial charge on any atom is -1.00 e. The van der Waals surface area contributed by atoms with Crippen molar-refractivity contribution in [2.24, 2.45) is 0 Å². The Kier molecular flexibility index (Phi) is 10.8. The quantitative estimate of drug-likeness (QED) is 0.296. The summed E-state index contributed by atoms with van der Waals surface area (Å²) in [6.45, 7) is 6.87. The maximum absolute atomic E-state index is 10.7. The van der Waals surface area contributed by atoms with Crippen molar-refractivity contribution in [3.8, 4) is 0 Å². The number of carbonyl (C=O) groups is 1. The van der Waals surface area contributed by atoms with Crippen molar-refractivity contribution in [3.05, 3.63) is 25.3 Å². The summed E-state index contributed by atoms with van der Waals surface area (Å²) in [5, 5.41) is 8.96. The minimum atomic E-state index is -1.09. The maximum Gasteiger partial charge on any atom is 1.00 e. The fourth-order valence-electron chi connectivity index (χ4n) is 0.491. The average molecular weight is 180 g/mol. The van der Waals surface area contributed by atoms with Gasteiger partial charge in [-0.15, -0.1) is 6.58 Å². The SMILES string of the molecule is C=CCOC(=O)C(O)CC=C.[H-].[Na+]. The average Bonchev–Trinajstić information content (AvgIpc) is 2.00. The number of ether oxygens (including phenoxy) is 1. The van der Waals surface area contributed by atoms with Gasteiger partial charge in [0.1, 0.15) is 6.61 Å². The van der Waals surface area contributed by atoms with Gasteiger partial charge in [-0.05, 0) is 0 Å². The fourth-order valence-corrected chi connectivity index (χ4v) is 0.491. The monoisotopic (exact) mass is 180 g/mol. The summed E-state index contributed by atoms with van der Waals surface area (Å²) in [6, 6.07) is 0. The minimum absolute atomic E-state index is 0. The molecule has 0 spiro atoms. The Hall–Kier alpha value is -0.0900. The van der Waals surface area contributed by atoms with Crippen LogP contribution in [0.2, 0.25) is 0 Å². The standard InChI is InChI=1S/C8H12O3.Na.H/c1-3-5-7(9)8(10)11-6-4-2;;/h3-4,7,9H,1-2,5-6H2;;/q;+1;-1. The van der Waals surface area contributed by atoms with Crippen LogP contribution in [0.1, 0.15) is 7.85 Å². The Balaban J connectivity index is -0.000000500. The number of esters is 1. The molecule has 0 amide bonds. The molecule has 0 radical (unpaired) electrons. The predicted octanol–water partition coefficient (Wildman–Crippen LogP) is -2.23. The molecule has 0 bridgehead atoms. The molecule has 3 nitrogen and oxygen atoms in total. The second-order valence-electron chi connectivity index (χ2n) is 1.96. The van der Waals surface area contributed by atoms with Gasteiger partial charge >= 0.3 is 35.5 Å². The molecule has 0 aliphatic rings. The molecule has 4 heteroatoms. The van der Waals surface area contributed by atoms with Crippen molar-refractivity contribution in [1.82, 2.24) is 0 Å². The first-order valence-electron chi connectivity index (χ1n) is 3.29. The molecule has 12 heavy (non-hydrogen) atoms. The molecule has 64 valence electrons. The zero-order chi connectivity index (χ0) is 8.69. The van der Waals surface area contributed by atoms with E-state index in [0.717, 1.165) is 0 Å². The van der Waals surface area contributed by atoms with Gasteiger partial charge in [0.05, 0.1) is 0 Å². The first-order chi connectivity index (χ1) is 5.22. The molecule has 0 saturated carbocycles. The van der Waals surface area contributed by atoms with E-state index in [4.69, 9.17) is 5.11 Å². The van der Waals surface area contributed by atoms with Gasteiger partial charge in [-0.3, -0.25) is 0 Å². The predicted molar refractivity (Wildman–Crippen MR) is 43.1 cm³/mol. The molecule has 0 aromatic heterocycles. The largest absolute Gasteiger partial charge is 1.00 e. The van der Waals surface area contributed by atoms with E-state index < -0.39 is 12.1 Å². The van der Waals surface area contributed by atoms with E-state index in [1.54, 1.807) is 0 Å². The van der Waals surface area contributed by atoms with Gasteiger partial charge in [0.25, 0.3) is 0 Å². The van der Waals surface area contributed by atoms with Crippen molar-refractivity contribution >= 4 is 5.97 Å². The van der Waals surface area contributed by atoms with Crippen LogP contribution in [0.25, 0.3) is 0 Å². The van der Waals surface area contributed by atoms with Gasteiger partial charge in [0.2, 0.25) is 0 Å². The molecule has 0 aliphatic heterocycles.